The number of carbonyl (C=O) groups is 2. The SMILES string of the molecule is O=C(CNC(=O)[C@@H]1CCCN(S(=O)(=O)c2ccccc2)C1)Nc1cccc(O)c1. The van der Waals surface area contributed by atoms with Gasteiger partial charge in [0.1, 0.15) is 5.75 Å². The lowest BCUT2D eigenvalue weighted by Crippen LogP contribution is -2.46. The number of hydrogen-bond acceptors (Lipinski definition) is 5. The Labute approximate surface area is 169 Å². The first-order valence-electron chi connectivity index (χ1n) is 9.28. The minimum Gasteiger partial charge on any atom is -0.508 e. The third kappa shape index (κ3) is 5.33. The maximum absolute atomic E-state index is 12.8. The van der Waals surface area contributed by atoms with Crippen LogP contribution in [0.2, 0.25) is 0 Å². The molecular weight excluding hydrogens is 394 g/mol. The van der Waals surface area contributed by atoms with E-state index in [2.05, 4.69) is 10.6 Å². The van der Waals surface area contributed by atoms with Gasteiger partial charge in [-0.2, -0.15) is 4.31 Å². The maximum atomic E-state index is 12.8. The van der Waals surface area contributed by atoms with Crippen LogP contribution in [-0.2, 0) is 19.6 Å². The molecule has 2 aromatic rings. The lowest BCUT2D eigenvalue weighted by Gasteiger charge is -2.31. The van der Waals surface area contributed by atoms with E-state index >= 15 is 0 Å². The van der Waals surface area contributed by atoms with Crippen LogP contribution in [0, 0.1) is 5.92 Å². The number of sulfonamides is 1. The van der Waals surface area contributed by atoms with Gasteiger partial charge in [0.2, 0.25) is 21.8 Å². The highest BCUT2D eigenvalue weighted by Gasteiger charge is 2.33. The first kappa shape index (κ1) is 20.8. The molecule has 1 saturated heterocycles. The van der Waals surface area contributed by atoms with E-state index in [-0.39, 0.29) is 29.6 Å². The van der Waals surface area contributed by atoms with Gasteiger partial charge < -0.3 is 15.7 Å². The van der Waals surface area contributed by atoms with Crippen molar-refractivity contribution in [3.8, 4) is 5.75 Å². The molecule has 1 heterocycles. The number of rotatable bonds is 6. The summed E-state index contributed by atoms with van der Waals surface area (Å²) < 4.78 is 26.8. The first-order chi connectivity index (χ1) is 13.9. The molecule has 1 aliphatic heterocycles. The molecule has 2 aromatic carbocycles. The van der Waals surface area contributed by atoms with Crippen molar-refractivity contribution in [1.82, 2.24) is 9.62 Å². The second-order valence-corrected chi connectivity index (χ2v) is 8.77. The molecule has 1 atom stereocenters. The van der Waals surface area contributed by atoms with Crippen molar-refractivity contribution >= 4 is 27.5 Å². The van der Waals surface area contributed by atoms with Crippen molar-refractivity contribution in [1.29, 1.82) is 0 Å². The van der Waals surface area contributed by atoms with Crippen molar-refractivity contribution in [3.05, 3.63) is 54.6 Å². The summed E-state index contributed by atoms with van der Waals surface area (Å²) in [6, 6.07) is 14.2. The molecule has 3 N–H and O–H groups in total. The van der Waals surface area contributed by atoms with Gasteiger partial charge in [-0.3, -0.25) is 9.59 Å². The summed E-state index contributed by atoms with van der Waals surface area (Å²) in [5, 5.41) is 14.6. The fourth-order valence-corrected chi connectivity index (χ4v) is 4.76. The Kier molecular flexibility index (Phi) is 6.50. The molecule has 154 valence electrons. The summed E-state index contributed by atoms with van der Waals surface area (Å²) >= 11 is 0. The molecule has 0 spiro atoms. The van der Waals surface area contributed by atoms with Gasteiger partial charge in [0.25, 0.3) is 0 Å². The quantitative estimate of drug-likeness (QED) is 0.660. The number of piperidine rings is 1. The number of nitrogens with zero attached hydrogens (tertiary/aromatic N) is 1. The Hall–Kier alpha value is -2.91. The smallest absolute Gasteiger partial charge is 0.243 e. The zero-order valence-electron chi connectivity index (χ0n) is 15.7. The Morgan fingerprint density at radius 1 is 1.10 bits per heavy atom. The number of hydrogen-bond donors (Lipinski definition) is 3. The molecule has 9 heteroatoms. The third-order valence-electron chi connectivity index (χ3n) is 4.69. The number of carbonyl (C=O) groups excluding carboxylic acids is 2. The minimum absolute atomic E-state index is 0.0220. The zero-order chi connectivity index (χ0) is 20.9. The van der Waals surface area contributed by atoms with Crippen molar-refractivity contribution in [2.24, 2.45) is 5.92 Å². The summed E-state index contributed by atoms with van der Waals surface area (Å²) in [4.78, 5) is 24.7. The van der Waals surface area contributed by atoms with Crippen LogP contribution in [0.4, 0.5) is 5.69 Å². The second kappa shape index (κ2) is 9.06. The van der Waals surface area contributed by atoms with E-state index in [9.17, 15) is 23.1 Å². The minimum atomic E-state index is -3.65. The number of phenols is 1. The lowest BCUT2D eigenvalue weighted by atomic mass is 9.99. The van der Waals surface area contributed by atoms with Crippen molar-refractivity contribution in [2.45, 2.75) is 17.7 Å². The molecule has 0 unspecified atom stereocenters. The van der Waals surface area contributed by atoms with Gasteiger partial charge >= 0.3 is 0 Å². The fourth-order valence-electron chi connectivity index (χ4n) is 3.22. The predicted octanol–water partition coefficient (Wildman–Crippen LogP) is 1.55. The molecule has 29 heavy (non-hydrogen) atoms. The fraction of sp³-hybridized carbons (Fsp3) is 0.300. The molecule has 8 nitrogen and oxygen atoms in total. The summed E-state index contributed by atoms with van der Waals surface area (Å²) in [5.41, 5.74) is 0.419. The molecule has 0 radical (unpaired) electrons. The third-order valence-corrected chi connectivity index (χ3v) is 6.57. The van der Waals surface area contributed by atoms with E-state index in [1.165, 1.54) is 28.6 Å². The molecule has 2 amide bonds. The zero-order valence-corrected chi connectivity index (χ0v) is 16.6. The largest absolute Gasteiger partial charge is 0.508 e. The average Bonchev–Trinajstić information content (AvgIpc) is 2.73. The van der Waals surface area contributed by atoms with Crippen LogP contribution in [0.25, 0.3) is 0 Å². The van der Waals surface area contributed by atoms with Gasteiger partial charge in [0, 0.05) is 24.8 Å². The van der Waals surface area contributed by atoms with E-state index < -0.39 is 21.8 Å². The van der Waals surface area contributed by atoms with Crippen LogP contribution in [-0.4, -0.2) is 49.3 Å². The van der Waals surface area contributed by atoms with Crippen LogP contribution in [0.15, 0.2) is 59.5 Å². The van der Waals surface area contributed by atoms with Gasteiger partial charge in [-0.15, -0.1) is 0 Å². The molecule has 0 aromatic heterocycles. The van der Waals surface area contributed by atoms with E-state index in [4.69, 9.17) is 0 Å². The summed E-state index contributed by atoms with van der Waals surface area (Å²) in [6.07, 6.45) is 1.13. The van der Waals surface area contributed by atoms with Crippen molar-refractivity contribution < 1.29 is 23.1 Å². The number of anilines is 1. The average molecular weight is 417 g/mol. The summed E-state index contributed by atoms with van der Waals surface area (Å²) in [7, 11) is -3.65. The second-order valence-electron chi connectivity index (χ2n) is 6.83. The van der Waals surface area contributed by atoms with Gasteiger partial charge in [-0.05, 0) is 37.1 Å². The molecule has 3 rings (SSSR count). The number of aromatic hydroxyl groups is 1. The van der Waals surface area contributed by atoms with Crippen LogP contribution in [0.3, 0.4) is 0 Å². The van der Waals surface area contributed by atoms with E-state index in [1.54, 1.807) is 30.3 Å². The highest BCUT2D eigenvalue weighted by Crippen LogP contribution is 2.23. The van der Waals surface area contributed by atoms with Gasteiger partial charge in [-0.1, -0.05) is 24.3 Å². The molecule has 0 bridgehead atoms. The summed E-state index contributed by atoms with van der Waals surface area (Å²) in [5.74, 6) is -1.29. The highest BCUT2D eigenvalue weighted by atomic mass is 32.2. The number of phenolic OH excluding ortho intramolecular Hbond substituents is 1. The Bertz CT molecular complexity index is 979. The molecule has 1 fully saturated rings. The Morgan fingerprint density at radius 2 is 1.86 bits per heavy atom. The van der Waals surface area contributed by atoms with E-state index in [0.717, 1.165) is 0 Å². The monoisotopic (exact) mass is 417 g/mol. The van der Waals surface area contributed by atoms with Gasteiger partial charge in [-0.25, -0.2) is 8.42 Å². The maximum Gasteiger partial charge on any atom is 0.243 e. The van der Waals surface area contributed by atoms with Crippen molar-refractivity contribution in [2.75, 3.05) is 25.0 Å². The normalized spacial score (nSPS) is 17.4. The molecule has 0 saturated carbocycles. The van der Waals surface area contributed by atoms with Crippen LogP contribution in [0.5, 0.6) is 5.75 Å². The Balaban J connectivity index is 1.55. The predicted molar refractivity (Wildman–Crippen MR) is 108 cm³/mol. The lowest BCUT2D eigenvalue weighted by molar-refractivity contribution is -0.128. The van der Waals surface area contributed by atoms with Crippen molar-refractivity contribution in [3.63, 3.8) is 0 Å². The van der Waals surface area contributed by atoms with Crippen LogP contribution in [0.1, 0.15) is 12.8 Å². The highest BCUT2D eigenvalue weighted by molar-refractivity contribution is 7.89. The number of benzene rings is 2. The topological polar surface area (TPSA) is 116 Å². The molecule has 1 aliphatic rings. The molecule has 0 aliphatic carbocycles. The first-order valence-corrected chi connectivity index (χ1v) is 10.7. The van der Waals surface area contributed by atoms with E-state index in [1.807, 2.05) is 0 Å². The van der Waals surface area contributed by atoms with Gasteiger partial charge in [0.05, 0.1) is 17.4 Å². The van der Waals surface area contributed by atoms with Gasteiger partial charge in [0.15, 0.2) is 0 Å². The standard InChI is InChI=1S/C20H23N3O5S/c24-17-8-4-7-16(12-17)22-19(25)13-21-20(26)15-6-5-11-23(14-15)29(27,28)18-9-2-1-3-10-18/h1-4,7-10,12,15,24H,5-6,11,13-14H2,(H,21,26)(H,22,25)/t15-/m1/s1. The summed E-state index contributed by atoms with van der Waals surface area (Å²) in [6.45, 7) is 0.201. The number of nitrogens with one attached hydrogen (secondary N) is 2. The Morgan fingerprint density at radius 3 is 2.59 bits per heavy atom. The van der Waals surface area contributed by atoms with E-state index in [0.29, 0.717) is 25.1 Å². The molecular formula is C20H23N3O5S. The number of amides is 2. The van der Waals surface area contributed by atoms with Crippen LogP contribution < -0.4 is 10.6 Å². The van der Waals surface area contributed by atoms with Crippen LogP contribution >= 0.6 is 0 Å².